The van der Waals surface area contributed by atoms with Gasteiger partial charge in [0.05, 0.1) is 15.9 Å². The molecule has 2 aromatic heterocycles. The molecule has 2 aliphatic rings. The van der Waals surface area contributed by atoms with Gasteiger partial charge in [-0.25, -0.2) is 0 Å². The summed E-state index contributed by atoms with van der Waals surface area (Å²) in [4.78, 5) is 35.8. The summed E-state index contributed by atoms with van der Waals surface area (Å²) in [6.45, 7) is 4.18. The van der Waals surface area contributed by atoms with Crippen molar-refractivity contribution in [2.24, 2.45) is 5.41 Å². The van der Waals surface area contributed by atoms with Gasteiger partial charge in [-0.15, -0.1) is 0 Å². The van der Waals surface area contributed by atoms with Crippen LogP contribution < -0.4 is 10.5 Å². The minimum Gasteiger partial charge on any atom is -0.348 e. The van der Waals surface area contributed by atoms with Gasteiger partial charge in [0.15, 0.2) is 5.13 Å². The summed E-state index contributed by atoms with van der Waals surface area (Å²) in [7, 11) is 0. The van der Waals surface area contributed by atoms with E-state index in [0.29, 0.717) is 30.4 Å². The molecule has 0 bridgehead atoms. The topological polar surface area (TPSA) is 92.5 Å². The van der Waals surface area contributed by atoms with E-state index in [1.807, 2.05) is 17.0 Å². The molecule has 5 rings (SSSR count). The molecule has 3 aromatic rings. The lowest BCUT2D eigenvalue weighted by Crippen LogP contribution is -2.46. The van der Waals surface area contributed by atoms with E-state index in [9.17, 15) is 28.1 Å². The summed E-state index contributed by atoms with van der Waals surface area (Å²) in [5.41, 5.74) is -1.38. The Hall–Kier alpha value is -3.12. The normalized spacial score (nSPS) is 18.6. The molecule has 190 valence electrons. The Morgan fingerprint density at radius 3 is 2.31 bits per heavy atom. The van der Waals surface area contributed by atoms with Crippen LogP contribution in [0, 0.1) is 15.5 Å². The Morgan fingerprint density at radius 2 is 1.69 bits per heavy atom. The molecule has 0 aliphatic carbocycles. The SMILES string of the molecule is O=c1nc(N2CCC3(CCN(Cc4ccncc4)CC3)CC2)sc2c([N+](=O)[O-])cc(C(F)(F)F)cc12. The second-order valence-corrected chi connectivity index (χ2v) is 10.5. The largest absolute Gasteiger partial charge is 0.416 e. The number of nitro benzene ring substituents is 1. The molecule has 2 aliphatic heterocycles. The van der Waals surface area contributed by atoms with Crippen LogP contribution in [0.25, 0.3) is 10.1 Å². The van der Waals surface area contributed by atoms with Crippen LogP contribution in [-0.2, 0) is 12.7 Å². The van der Waals surface area contributed by atoms with Crippen molar-refractivity contribution in [3.8, 4) is 0 Å². The van der Waals surface area contributed by atoms with E-state index in [0.717, 1.165) is 56.7 Å². The van der Waals surface area contributed by atoms with Crippen molar-refractivity contribution in [3.63, 3.8) is 0 Å². The van der Waals surface area contributed by atoms with Crippen LogP contribution in [0.4, 0.5) is 24.0 Å². The lowest BCUT2D eigenvalue weighted by atomic mass is 9.71. The van der Waals surface area contributed by atoms with Gasteiger partial charge in [0, 0.05) is 38.1 Å². The second kappa shape index (κ2) is 9.40. The number of halogens is 3. The van der Waals surface area contributed by atoms with Gasteiger partial charge in [-0.1, -0.05) is 11.3 Å². The Morgan fingerprint density at radius 1 is 1.06 bits per heavy atom. The van der Waals surface area contributed by atoms with Crippen LogP contribution in [0.15, 0.2) is 41.5 Å². The van der Waals surface area contributed by atoms with Crippen LogP contribution in [0.2, 0.25) is 0 Å². The molecule has 8 nitrogen and oxygen atoms in total. The molecule has 36 heavy (non-hydrogen) atoms. The van der Waals surface area contributed by atoms with Gasteiger partial charge >= 0.3 is 6.18 Å². The molecule has 0 unspecified atom stereocenters. The minimum absolute atomic E-state index is 0.0762. The first-order valence-corrected chi connectivity index (χ1v) is 12.5. The number of pyridine rings is 1. The van der Waals surface area contributed by atoms with Gasteiger partial charge in [-0.2, -0.15) is 18.2 Å². The number of fused-ring (bicyclic) bond motifs is 1. The van der Waals surface area contributed by atoms with Crippen molar-refractivity contribution < 1.29 is 18.1 Å². The number of aromatic nitrogens is 2. The van der Waals surface area contributed by atoms with E-state index in [1.54, 1.807) is 12.4 Å². The van der Waals surface area contributed by atoms with Crippen LogP contribution in [0.5, 0.6) is 0 Å². The number of rotatable bonds is 4. The third-order valence-corrected chi connectivity index (χ3v) is 8.55. The molecule has 0 atom stereocenters. The molecule has 0 radical (unpaired) electrons. The van der Waals surface area contributed by atoms with Crippen LogP contribution >= 0.6 is 11.3 Å². The predicted octanol–water partition coefficient (Wildman–Crippen LogP) is 4.86. The molecule has 2 fully saturated rings. The quantitative estimate of drug-likeness (QED) is 0.359. The summed E-state index contributed by atoms with van der Waals surface area (Å²) in [6.07, 6.45) is 2.75. The first-order valence-electron chi connectivity index (χ1n) is 11.7. The van der Waals surface area contributed by atoms with Gasteiger partial charge in [0.25, 0.3) is 11.2 Å². The monoisotopic (exact) mass is 519 g/mol. The Balaban J connectivity index is 1.31. The number of nitrogens with zero attached hydrogens (tertiary/aromatic N) is 5. The standard InChI is InChI=1S/C24H24F3N5O3S/c25-24(26,27)17-13-18-20(19(14-17)32(34)35)36-22(29-21(18)33)31-11-5-23(6-12-31)3-9-30(10-4-23)15-16-1-7-28-8-2-16/h1-2,7-8,13-14H,3-6,9-12,15H2. The fourth-order valence-electron chi connectivity index (χ4n) is 5.18. The summed E-state index contributed by atoms with van der Waals surface area (Å²) in [5, 5.41) is 11.5. The minimum atomic E-state index is -4.80. The number of nitro groups is 1. The van der Waals surface area contributed by atoms with Crippen molar-refractivity contribution in [3.05, 3.63) is 68.3 Å². The van der Waals surface area contributed by atoms with Crippen LogP contribution in [-0.4, -0.2) is 46.0 Å². The number of likely N-dealkylation sites (tertiary alicyclic amines) is 1. The zero-order valence-electron chi connectivity index (χ0n) is 19.3. The molecule has 0 saturated carbocycles. The number of benzene rings is 1. The summed E-state index contributed by atoms with van der Waals surface area (Å²) >= 11 is 0.911. The average Bonchev–Trinajstić information content (AvgIpc) is 2.85. The first-order chi connectivity index (χ1) is 17.1. The summed E-state index contributed by atoms with van der Waals surface area (Å²) < 4.78 is 39.6. The lowest BCUT2D eigenvalue weighted by molar-refractivity contribution is -0.383. The van der Waals surface area contributed by atoms with E-state index in [1.165, 1.54) is 5.56 Å². The molecule has 0 amide bonds. The molecular formula is C24H24F3N5O3S. The number of alkyl halides is 3. The highest BCUT2D eigenvalue weighted by atomic mass is 32.1. The molecule has 0 N–H and O–H groups in total. The highest BCUT2D eigenvalue weighted by Crippen LogP contribution is 2.44. The predicted molar refractivity (Wildman–Crippen MR) is 130 cm³/mol. The Bertz CT molecular complexity index is 1330. The molecule has 1 aromatic carbocycles. The zero-order valence-corrected chi connectivity index (χ0v) is 20.1. The fourth-order valence-corrected chi connectivity index (χ4v) is 6.30. The fraction of sp³-hybridized carbons (Fsp3) is 0.458. The van der Waals surface area contributed by atoms with Crippen molar-refractivity contribution in [1.82, 2.24) is 14.9 Å². The zero-order chi connectivity index (χ0) is 25.5. The third-order valence-electron chi connectivity index (χ3n) is 7.38. The maximum Gasteiger partial charge on any atom is 0.416 e. The van der Waals surface area contributed by atoms with Crippen LogP contribution in [0.3, 0.4) is 0 Å². The number of hydrogen-bond donors (Lipinski definition) is 0. The molecule has 2 saturated heterocycles. The molecule has 12 heteroatoms. The summed E-state index contributed by atoms with van der Waals surface area (Å²) in [6, 6.07) is 5.20. The number of hydrogen-bond acceptors (Lipinski definition) is 8. The highest BCUT2D eigenvalue weighted by Gasteiger charge is 2.39. The van der Waals surface area contributed by atoms with E-state index >= 15 is 0 Å². The van der Waals surface area contributed by atoms with Gasteiger partial charge in [-0.05, 0) is 68.0 Å². The molecule has 4 heterocycles. The third kappa shape index (κ3) is 4.92. The van der Waals surface area contributed by atoms with Crippen molar-refractivity contribution in [2.45, 2.75) is 38.4 Å². The van der Waals surface area contributed by atoms with E-state index < -0.39 is 27.9 Å². The van der Waals surface area contributed by atoms with Crippen molar-refractivity contribution in [1.29, 1.82) is 0 Å². The van der Waals surface area contributed by atoms with Crippen molar-refractivity contribution in [2.75, 3.05) is 31.1 Å². The number of piperidine rings is 2. The van der Waals surface area contributed by atoms with E-state index in [2.05, 4.69) is 14.9 Å². The number of anilines is 1. The number of non-ortho nitro benzene ring substituents is 1. The average molecular weight is 520 g/mol. The first kappa shape index (κ1) is 24.6. The van der Waals surface area contributed by atoms with Gasteiger partial charge in [-0.3, -0.25) is 24.8 Å². The smallest absolute Gasteiger partial charge is 0.348 e. The second-order valence-electron chi connectivity index (χ2n) is 9.55. The van der Waals surface area contributed by atoms with Crippen LogP contribution in [0.1, 0.15) is 36.8 Å². The Kier molecular flexibility index (Phi) is 6.41. The van der Waals surface area contributed by atoms with Crippen molar-refractivity contribution >= 4 is 32.2 Å². The molecular weight excluding hydrogens is 495 g/mol. The Labute approximate surface area is 208 Å². The maximum absolute atomic E-state index is 13.2. The van der Waals surface area contributed by atoms with Gasteiger partial charge < -0.3 is 4.90 Å². The molecule has 1 spiro atoms. The highest BCUT2D eigenvalue weighted by molar-refractivity contribution is 7.22. The van der Waals surface area contributed by atoms with E-state index in [4.69, 9.17) is 0 Å². The van der Waals surface area contributed by atoms with Gasteiger partial charge in [0.1, 0.15) is 4.70 Å². The lowest BCUT2D eigenvalue weighted by Gasteiger charge is -2.47. The van der Waals surface area contributed by atoms with Gasteiger partial charge in [0.2, 0.25) is 0 Å². The maximum atomic E-state index is 13.2. The summed E-state index contributed by atoms with van der Waals surface area (Å²) in [5.74, 6) is 0. The van der Waals surface area contributed by atoms with E-state index in [-0.39, 0.29) is 15.5 Å².